The lowest BCUT2D eigenvalue weighted by Crippen LogP contribution is -2.07. The highest BCUT2D eigenvalue weighted by Gasteiger charge is 2.21. The molecule has 0 fully saturated rings. The van der Waals surface area contributed by atoms with E-state index in [9.17, 15) is 8.42 Å². The molecule has 0 unspecified atom stereocenters. The number of halogens is 1. The molecular weight excluding hydrogens is 318 g/mol. The van der Waals surface area contributed by atoms with E-state index < -0.39 is 9.84 Å². The molecule has 18 heavy (non-hydrogen) atoms. The van der Waals surface area contributed by atoms with Crippen LogP contribution < -0.4 is 0 Å². The highest BCUT2D eigenvalue weighted by molar-refractivity contribution is 9.10. The molecule has 0 spiro atoms. The molecule has 0 aromatic carbocycles. The van der Waals surface area contributed by atoms with Gasteiger partial charge >= 0.3 is 0 Å². The van der Waals surface area contributed by atoms with Gasteiger partial charge in [-0.2, -0.15) is 0 Å². The Hall–Kier alpha value is -1.21. The fourth-order valence-electron chi connectivity index (χ4n) is 1.59. The van der Waals surface area contributed by atoms with Gasteiger partial charge in [-0.15, -0.1) is 0 Å². The smallest absolute Gasteiger partial charge is 0.180 e. The van der Waals surface area contributed by atoms with E-state index in [-0.39, 0.29) is 10.6 Å². The Bertz CT molecular complexity index is 679. The first-order valence-corrected chi connectivity index (χ1v) is 7.79. The molecule has 7 heteroatoms. The first kappa shape index (κ1) is 13.2. The number of nitrogens with zero attached hydrogens (tertiary/aromatic N) is 2. The van der Waals surface area contributed by atoms with Gasteiger partial charge in [-0.1, -0.05) is 6.92 Å². The van der Waals surface area contributed by atoms with Gasteiger partial charge in [0.25, 0.3) is 0 Å². The van der Waals surface area contributed by atoms with Crippen molar-refractivity contribution < 1.29 is 8.42 Å². The summed E-state index contributed by atoms with van der Waals surface area (Å²) in [5, 5.41) is 0. The summed E-state index contributed by atoms with van der Waals surface area (Å²) in [4.78, 5) is 11.4. The summed E-state index contributed by atoms with van der Waals surface area (Å²) < 4.78 is 24.8. The molecule has 2 aromatic rings. The molecule has 0 aliphatic heterocycles. The van der Waals surface area contributed by atoms with E-state index in [0.717, 1.165) is 5.69 Å². The largest absolute Gasteiger partial charge is 0.348 e. The molecule has 0 saturated carbocycles. The van der Waals surface area contributed by atoms with E-state index in [0.29, 0.717) is 15.9 Å². The molecule has 1 N–H and O–H groups in total. The van der Waals surface area contributed by atoms with Crippen LogP contribution in [0.5, 0.6) is 0 Å². The van der Waals surface area contributed by atoms with E-state index in [1.165, 1.54) is 6.33 Å². The third-order valence-corrected chi connectivity index (χ3v) is 4.76. The van der Waals surface area contributed by atoms with Crippen LogP contribution in [0.15, 0.2) is 28.0 Å². The average Bonchev–Trinajstić information content (AvgIpc) is 2.75. The summed E-state index contributed by atoms with van der Waals surface area (Å²) in [6.45, 7) is 3.44. The van der Waals surface area contributed by atoms with Gasteiger partial charge < -0.3 is 4.98 Å². The van der Waals surface area contributed by atoms with Crippen molar-refractivity contribution in [2.45, 2.75) is 18.7 Å². The molecule has 0 radical (unpaired) electrons. The van der Waals surface area contributed by atoms with Crippen LogP contribution in [-0.2, 0) is 9.84 Å². The van der Waals surface area contributed by atoms with Gasteiger partial charge in [0.15, 0.2) is 9.84 Å². The van der Waals surface area contributed by atoms with Crippen molar-refractivity contribution in [3.63, 3.8) is 0 Å². The SMILES string of the molecule is CCS(=O)(=O)c1cc(Br)cnc1-c1nc[nH]c1C. The molecule has 0 aliphatic carbocycles. The molecule has 2 aromatic heterocycles. The summed E-state index contributed by atoms with van der Waals surface area (Å²) in [6.07, 6.45) is 3.09. The zero-order valence-electron chi connectivity index (χ0n) is 9.94. The number of aryl methyl sites for hydroxylation is 1. The minimum Gasteiger partial charge on any atom is -0.348 e. The molecule has 0 bridgehead atoms. The maximum atomic E-state index is 12.1. The zero-order chi connectivity index (χ0) is 13.3. The fourth-order valence-corrected chi connectivity index (χ4v) is 3.13. The summed E-state index contributed by atoms with van der Waals surface area (Å²) in [7, 11) is -3.34. The summed E-state index contributed by atoms with van der Waals surface area (Å²) in [5.41, 5.74) is 1.74. The predicted octanol–water partition coefficient (Wildman–Crippen LogP) is 2.34. The monoisotopic (exact) mass is 329 g/mol. The number of H-pyrrole nitrogens is 1. The number of hydrogen-bond donors (Lipinski definition) is 1. The van der Waals surface area contributed by atoms with Crippen LogP contribution in [0.3, 0.4) is 0 Å². The maximum absolute atomic E-state index is 12.1. The van der Waals surface area contributed by atoms with Crippen LogP contribution in [0.1, 0.15) is 12.6 Å². The van der Waals surface area contributed by atoms with Gasteiger partial charge in [0, 0.05) is 16.4 Å². The molecule has 0 amide bonds. The van der Waals surface area contributed by atoms with Gasteiger partial charge in [-0.05, 0) is 28.9 Å². The maximum Gasteiger partial charge on any atom is 0.180 e. The third kappa shape index (κ3) is 2.32. The number of imidazole rings is 1. The van der Waals surface area contributed by atoms with Crippen LogP contribution in [0, 0.1) is 6.92 Å². The lowest BCUT2D eigenvalue weighted by molar-refractivity contribution is 0.597. The third-order valence-electron chi connectivity index (χ3n) is 2.59. The van der Waals surface area contributed by atoms with E-state index >= 15 is 0 Å². The van der Waals surface area contributed by atoms with Gasteiger partial charge in [0.1, 0.15) is 11.4 Å². The second-order valence-corrected chi connectivity index (χ2v) is 6.94. The molecule has 0 atom stereocenters. The van der Waals surface area contributed by atoms with Gasteiger partial charge in [-0.3, -0.25) is 4.98 Å². The summed E-state index contributed by atoms with van der Waals surface area (Å²) in [6, 6.07) is 1.56. The van der Waals surface area contributed by atoms with Crippen molar-refractivity contribution in [1.82, 2.24) is 15.0 Å². The molecule has 96 valence electrons. The number of rotatable bonds is 3. The molecule has 5 nitrogen and oxygen atoms in total. The van der Waals surface area contributed by atoms with Crippen LogP contribution >= 0.6 is 15.9 Å². The topological polar surface area (TPSA) is 75.7 Å². The van der Waals surface area contributed by atoms with E-state index in [1.807, 2.05) is 6.92 Å². The first-order chi connectivity index (χ1) is 8.45. The van der Waals surface area contributed by atoms with Gasteiger partial charge in [0.2, 0.25) is 0 Å². The van der Waals surface area contributed by atoms with Crippen molar-refractivity contribution in [2.75, 3.05) is 5.75 Å². The molecule has 0 aliphatic rings. The second-order valence-electron chi connectivity index (χ2n) is 3.78. The van der Waals surface area contributed by atoms with Gasteiger partial charge in [0.05, 0.1) is 17.0 Å². The fraction of sp³-hybridized carbons (Fsp3) is 0.273. The first-order valence-electron chi connectivity index (χ1n) is 5.34. The quantitative estimate of drug-likeness (QED) is 0.937. The summed E-state index contributed by atoms with van der Waals surface area (Å²) >= 11 is 3.24. The highest BCUT2D eigenvalue weighted by atomic mass is 79.9. The number of hydrogen-bond acceptors (Lipinski definition) is 4. The van der Waals surface area contributed by atoms with Crippen molar-refractivity contribution in [3.05, 3.63) is 28.8 Å². The molecular formula is C11H12BrN3O2S. The number of pyridine rings is 1. The zero-order valence-corrected chi connectivity index (χ0v) is 12.3. The lowest BCUT2D eigenvalue weighted by Gasteiger charge is -2.07. The Kier molecular flexibility index (Phi) is 3.54. The Morgan fingerprint density at radius 1 is 1.33 bits per heavy atom. The average molecular weight is 330 g/mol. The standard InChI is InChI=1S/C11H12BrN3O2S/c1-3-18(16,17)9-4-8(12)5-13-11(9)10-7(2)14-6-15-10/h4-6H,3H2,1-2H3,(H,14,15). The Morgan fingerprint density at radius 2 is 2.06 bits per heavy atom. The Labute approximate surface area is 114 Å². The van der Waals surface area contributed by atoms with Crippen LogP contribution in [0.4, 0.5) is 0 Å². The second kappa shape index (κ2) is 4.81. The van der Waals surface area contributed by atoms with Crippen molar-refractivity contribution in [1.29, 1.82) is 0 Å². The number of sulfone groups is 1. The Balaban J connectivity index is 2.73. The molecule has 0 saturated heterocycles. The number of nitrogens with one attached hydrogen (secondary N) is 1. The van der Waals surface area contributed by atoms with Crippen molar-refractivity contribution in [3.8, 4) is 11.4 Å². The van der Waals surface area contributed by atoms with E-state index in [4.69, 9.17) is 0 Å². The van der Waals surface area contributed by atoms with Gasteiger partial charge in [-0.25, -0.2) is 13.4 Å². The number of aromatic amines is 1. The van der Waals surface area contributed by atoms with Crippen molar-refractivity contribution >= 4 is 25.8 Å². The highest BCUT2D eigenvalue weighted by Crippen LogP contribution is 2.28. The van der Waals surface area contributed by atoms with E-state index in [1.54, 1.807) is 19.2 Å². The summed E-state index contributed by atoms with van der Waals surface area (Å²) in [5.74, 6) is 0.0294. The molecule has 2 heterocycles. The normalized spacial score (nSPS) is 11.7. The predicted molar refractivity (Wildman–Crippen MR) is 72.0 cm³/mol. The minimum absolute atomic E-state index is 0.0294. The van der Waals surface area contributed by atoms with E-state index in [2.05, 4.69) is 30.9 Å². The Morgan fingerprint density at radius 3 is 2.61 bits per heavy atom. The molecule has 2 rings (SSSR count). The lowest BCUT2D eigenvalue weighted by atomic mass is 10.2. The van der Waals surface area contributed by atoms with Crippen LogP contribution in [0.25, 0.3) is 11.4 Å². The van der Waals surface area contributed by atoms with Crippen LogP contribution in [-0.4, -0.2) is 29.1 Å². The van der Waals surface area contributed by atoms with Crippen LogP contribution in [0.2, 0.25) is 0 Å². The number of aromatic nitrogens is 3. The van der Waals surface area contributed by atoms with Crippen molar-refractivity contribution in [2.24, 2.45) is 0 Å². The minimum atomic E-state index is -3.34.